The van der Waals surface area contributed by atoms with Crippen LogP contribution in [0.25, 0.3) is 0 Å². The van der Waals surface area contributed by atoms with Gasteiger partial charge in [0.2, 0.25) is 9.84 Å². The molecule has 2 N–H and O–H groups in total. The third kappa shape index (κ3) is 2.62. The van der Waals surface area contributed by atoms with Crippen molar-refractivity contribution >= 4 is 26.9 Å². The number of sulfone groups is 1. The standard InChI is InChI=1S/C10H11N3O2S2/c1-7-5-16-9(13-7)6-17(14,15)10-8(11)3-2-4-12-10/h2-5H,6,11H2,1H3. The number of thiazole rings is 1. The van der Waals surface area contributed by atoms with Gasteiger partial charge in [0.1, 0.15) is 10.8 Å². The summed E-state index contributed by atoms with van der Waals surface area (Å²) in [4.78, 5) is 7.94. The zero-order valence-electron chi connectivity index (χ0n) is 9.12. The van der Waals surface area contributed by atoms with Crippen LogP contribution in [0.1, 0.15) is 10.7 Å². The Morgan fingerprint density at radius 2 is 2.24 bits per heavy atom. The Kier molecular flexibility index (Phi) is 3.12. The highest BCUT2D eigenvalue weighted by Crippen LogP contribution is 2.21. The second-order valence-corrected chi connectivity index (χ2v) is 6.39. The van der Waals surface area contributed by atoms with Crippen LogP contribution in [-0.4, -0.2) is 18.4 Å². The minimum absolute atomic E-state index is 0.0761. The fourth-order valence-corrected chi connectivity index (χ4v) is 3.83. The molecule has 0 aromatic carbocycles. The van der Waals surface area contributed by atoms with E-state index in [1.165, 1.54) is 23.6 Å². The summed E-state index contributed by atoms with van der Waals surface area (Å²) in [6.07, 6.45) is 1.41. The number of nitrogens with zero attached hydrogens (tertiary/aromatic N) is 2. The summed E-state index contributed by atoms with van der Waals surface area (Å²) in [5.41, 5.74) is 6.59. The van der Waals surface area contributed by atoms with Gasteiger partial charge >= 0.3 is 0 Å². The van der Waals surface area contributed by atoms with E-state index in [2.05, 4.69) is 9.97 Å². The second-order valence-electron chi connectivity index (χ2n) is 3.54. The van der Waals surface area contributed by atoms with Gasteiger partial charge in [-0.2, -0.15) is 0 Å². The minimum Gasteiger partial charge on any atom is -0.396 e. The van der Waals surface area contributed by atoms with Gasteiger partial charge in [-0.15, -0.1) is 11.3 Å². The van der Waals surface area contributed by atoms with Crippen molar-refractivity contribution in [2.75, 3.05) is 5.73 Å². The van der Waals surface area contributed by atoms with Gasteiger partial charge in [0.15, 0.2) is 5.03 Å². The second kappa shape index (κ2) is 4.42. The third-order valence-corrected chi connectivity index (χ3v) is 4.81. The van der Waals surface area contributed by atoms with Crippen LogP contribution in [0.15, 0.2) is 28.7 Å². The van der Waals surface area contributed by atoms with Gasteiger partial charge < -0.3 is 5.73 Å². The van der Waals surface area contributed by atoms with Crippen molar-refractivity contribution < 1.29 is 8.42 Å². The van der Waals surface area contributed by atoms with Crippen molar-refractivity contribution in [3.8, 4) is 0 Å². The molecule has 0 fully saturated rings. The molecule has 0 aliphatic heterocycles. The lowest BCUT2D eigenvalue weighted by molar-refractivity contribution is 0.592. The van der Waals surface area contributed by atoms with Crippen molar-refractivity contribution in [1.82, 2.24) is 9.97 Å². The van der Waals surface area contributed by atoms with E-state index in [-0.39, 0.29) is 16.5 Å². The van der Waals surface area contributed by atoms with Crippen LogP contribution >= 0.6 is 11.3 Å². The van der Waals surface area contributed by atoms with Gasteiger partial charge in [0.25, 0.3) is 0 Å². The smallest absolute Gasteiger partial charge is 0.204 e. The van der Waals surface area contributed by atoms with Crippen molar-refractivity contribution in [3.63, 3.8) is 0 Å². The first-order valence-corrected chi connectivity index (χ1v) is 7.36. The molecule has 0 saturated carbocycles. The van der Waals surface area contributed by atoms with E-state index in [1.54, 1.807) is 6.07 Å². The van der Waals surface area contributed by atoms with E-state index in [0.717, 1.165) is 5.69 Å². The molecule has 90 valence electrons. The van der Waals surface area contributed by atoms with E-state index in [0.29, 0.717) is 5.01 Å². The van der Waals surface area contributed by atoms with Gasteiger partial charge in [-0.3, -0.25) is 0 Å². The number of anilines is 1. The van der Waals surface area contributed by atoms with Crippen molar-refractivity contribution in [3.05, 3.63) is 34.4 Å². The molecule has 7 heteroatoms. The summed E-state index contributed by atoms with van der Waals surface area (Å²) < 4.78 is 24.1. The average Bonchev–Trinajstić information content (AvgIpc) is 2.63. The lowest BCUT2D eigenvalue weighted by atomic mass is 10.4. The van der Waals surface area contributed by atoms with E-state index in [4.69, 9.17) is 5.73 Å². The molecule has 0 radical (unpaired) electrons. The van der Waals surface area contributed by atoms with Gasteiger partial charge in [0.05, 0.1) is 5.69 Å². The zero-order chi connectivity index (χ0) is 12.5. The summed E-state index contributed by atoms with van der Waals surface area (Å²) >= 11 is 1.32. The lowest BCUT2D eigenvalue weighted by Gasteiger charge is -2.03. The molecule has 2 rings (SSSR count). The molecule has 0 bridgehead atoms. The van der Waals surface area contributed by atoms with Gasteiger partial charge in [-0.1, -0.05) is 0 Å². The SMILES string of the molecule is Cc1csc(CS(=O)(=O)c2ncccc2N)n1. The highest BCUT2D eigenvalue weighted by Gasteiger charge is 2.21. The van der Waals surface area contributed by atoms with E-state index < -0.39 is 9.84 Å². The van der Waals surface area contributed by atoms with E-state index in [9.17, 15) is 8.42 Å². The van der Waals surface area contributed by atoms with Crippen LogP contribution in [0.4, 0.5) is 5.69 Å². The average molecular weight is 269 g/mol. The lowest BCUT2D eigenvalue weighted by Crippen LogP contribution is -2.09. The maximum absolute atomic E-state index is 12.1. The van der Waals surface area contributed by atoms with Gasteiger partial charge in [-0.25, -0.2) is 18.4 Å². The van der Waals surface area contributed by atoms with Crippen molar-refractivity contribution in [2.45, 2.75) is 17.7 Å². The van der Waals surface area contributed by atoms with Crippen LogP contribution in [-0.2, 0) is 15.6 Å². The van der Waals surface area contributed by atoms with Crippen molar-refractivity contribution in [2.24, 2.45) is 0 Å². The fourth-order valence-electron chi connectivity index (χ4n) is 1.36. The number of pyridine rings is 1. The first-order valence-electron chi connectivity index (χ1n) is 4.83. The summed E-state index contributed by atoms with van der Waals surface area (Å²) in [6, 6.07) is 3.12. The number of nitrogens with two attached hydrogens (primary N) is 1. The Hall–Kier alpha value is -1.47. The molecule has 17 heavy (non-hydrogen) atoms. The topological polar surface area (TPSA) is 85.9 Å². The molecule has 0 aliphatic rings. The highest BCUT2D eigenvalue weighted by atomic mass is 32.2. The fraction of sp³-hybridized carbons (Fsp3) is 0.200. The quantitative estimate of drug-likeness (QED) is 0.910. The number of aryl methyl sites for hydroxylation is 1. The molecule has 0 spiro atoms. The summed E-state index contributed by atoms with van der Waals surface area (Å²) in [7, 11) is -3.52. The number of aromatic nitrogens is 2. The molecule has 0 amide bonds. The van der Waals surface area contributed by atoms with Crippen LogP contribution in [0.3, 0.4) is 0 Å². The minimum atomic E-state index is -3.52. The summed E-state index contributed by atoms with van der Waals surface area (Å²) in [6.45, 7) is 1.82. The first-order chi connectivity index (χ1) is 7.99. The Bertz CT molecular complexity index is 635. The normalized spacial score (nSPS) is 11.6. The maximum atomic E-state index is 12.1. The molecular weight excluding hydrogens is 258 g/mol. The van der Waals surface area contributed by atoms with Gasteiger partial charge in [-0.05, 0) is 19.1 Å². The molecule has 0 unspecified atom stereocenters. The number of hydrogen-bond acceptors (Lipinski definition) is 6. The molecule has 2 heterocycles. The maximum Gasteiger partial charge on any atom is 0.204 e. The molecule has 5 nitrogen and oxygen atoms in total. The molecule has 2 aromatic heterocycles. The monoisotopic (exact) mass is 269 g/mol. The van der Waals surface area contributed by atoms with Crippen LogP contribution in [0.5, 0.6) is 0 Å². The molecular formula is C10H11N3O2S2. The zero-order valence-corrected chi connectivity index (χ0v) is 10.8. The molecule has 2 aromatic rings. The van der Waals surface area contributed by atoms with E-state index in [1.807, 2.05) is 12.3 Å². The van der Waals surface area contributed by atoms with Crippen LogP contribution in [0, 0.1) is 6.92 Å². The number of nitrogen functional groups attached to an aromatic ring is 1. The third-order valence-electron chi connectivity index (χ3n) is 2.08. The predicted molar refractivity (Wildman–Crippen MR) is 66.4 cm³/mol. The largest absolute Gasteiger partial charge is 0.396 e. The van der Waals surface area contributed by atoms with Crippen molar-refractivity contribution in [1.29, 1.82) is 0 Å². The predicted octanol–water partition coefficient (Wildman–Crippen LogP) is 1.40. The van der Waals surface area contributed by atoms with Crippen LogP contribution in [0.2, 0.25) is 0 Å². The molecule has 0 saturated heterocycles. The highest BCUT2D eigenvalue weighted by molar-refractivity contribution is 7.90. The summed E-state index contributed by atoms with van der Waals surface area (Å²) in [5, 5.41) is 2.28. The Labute approximate surface area is 103 Å². The first kappa shape index (κ1) is 12.0. The molecule has 0 atom stereocenters. The number of rotatable bonds is 3. The number of hydrogen-bond donors (Lipinski definition) is 1. The Morgan fingerprint density at radius 1 is 1.47 bits per heavy atom. The van der Waals surface area contributed by atoms with Gasteiger partial charge in [0, 0.05) is 17.3 Å². The summed E-state index contributed by atoms with van der Waals surface area (Å²) in [5.74, 6) is -0.160. The molecule has 0 aliphatic carbocycles. The van der Waals surface area contributed by atoms with Crippen LogP contribution < -0.4 is 5.73 Å². The Morgan fingerprint density at radius 3 is 2.82 bits per heavy atom. The Balaban J connectivity index is 2.35. The van der Waals surface area contributed by atoms with E-state index >= 15 is 0 Å².